The van der Waals surface area contributed by atoms with E-state index in [1.165, 1.54) is 13.7 Å². The molecule has 4 rings (SSSR count). The van der Waals surface area contributed by atoms with E-state index in [1.807, 2.05) is 32.0 Å². The number of fused-ring (bicyclic) bond motifs is 2. The van der Waals surface area contributed by atoms with Crippen molar-refractivity contribution < 1.29 is 45.1 Å². The Balaban J connectivity index is 1.71. The zero-order valence-electron chi connectivity index (χ0n) is 27.7. The molecule has 1 aliphatic rings. The van der Waals surface area contributed by atoms with Crippen LogP contribution in [-0.2, 0) is 61.4 Å². The molecule has 0 fully saturated rings. The smallest absolute Gasteiger partial charge is 0.227 e. The van der Waals surface area contributed by atoms with Gasteiger partial charge in [0, 0.05) is 39.3 Å². The molecule has 0 amide bonds. The van der Waals surface area contributed by atoms with Gasteiger partial charge in [0.15, 0.2) is 0 Å². The molecule has 48 heavy (non-hydrogen) atoms. The third-order valence-electron chi connectivity index (χ3n) is 7.40. The first-order valence-electron chi connectivity index (χ1n) is 15.7. The molecule has 3 aromatic rings. The monoisotopic (exact) mass is 725 g/mol. The summed E-state index contributed by atoms with van der Waals surface area (Å²) in [6, 6.07) is 20.5. The molecule has 13 nitrogen and oxygen atoms in total. The van der Waals surface area contributed by atoms with E-state index in [1.54, 1.807) is 68.4 Å². The minimum absolute atomic E-state index is 0.0367. The highest BCUT2D eigenvalue weighted by Crippen LogP contribution is 2.50. The zero-order chi connectivity index (χ0) is 34.8. The molecular formula is C32H44N3O10PS2. The fraction of sp³-hybridized carbons (Fsp3) is 0.438. The van der Waals surface area contributed by atoms with Crippen molar-refractivity contribution >= 4 is 27.9 Å². The van der Waals surface area contributed by atoms with Crippen LogP contribution < -0.4 is 0 Å². The molecule has 0 atom stereocenters. The minimum atomic E-state index is -4.44. The average Bonchev–Trinajstić information content (AvgIpc) is 3.05. The second-order valence-corrected chi connectivity index (χ2v) is 16.5. The summed E-state index contributed by atoms with van der Waals surface area (Å²) < 4.78 is 87.4. The zero-order valence-corrected chi connectivity index (χ0v) is 30.2. The molecule has 16 heteroatoms. The molecule has 0 saturated heterocycles. The van der Waals surface area contributed by atoms with Crippen molar-refractivity contribution in [2.45, 2.75) is 63.4 Å². The van der Waals surface area contributed by atoms with Gasteiger partial charge in [-0.25, -0.2) is 31.2 Å². The Morgan fingerprint density at radius 1 is 0.646 bits per heavy atom. The summed E-state index contributed by atoms with van der Waals surface area (Å²) in [5.41, 5.74) is 3.24. The van der Waals surface area contributed by atoms with Gasteiger partial charge < -0.3 is 0 Å². The van der Waals surface area contributed by atoms with Gasteiger partial charge >= 0.3 is 7.82 Å². The van der Waals surface area contributed by atoms with Gasteiger partial charge in [-0.15, -0.1) is 9.35 Å². The molecule has 0 spiro atoms. The fourth-order valence-electron chi connectivity index (χ4n) is 4.98. The number of nitrogens with zero attached hydrogens (tertiary/aromatic N) is 3. The molecule has 2 bridgehead atoms. The van der Waals surface area contributed by atoms with E-state index < -0.39 is 27.9 Å². The van der Waals surface area contributed by atoms with Gasteiger partial charge in [0.25, 0.3) is 0 Å². The molecule has 0 saturated carbocycles. The molecule has 0 radical (unpaired) electrons. The summed E-state index contributed by atoms with van der Waals surface area (Å²) in [4.78, 5) is 10.0. The van der Waals surface area contributed by atoms with Crippen LogP contribution in [0.4, 0.5) is 0 Å². The van der Waals surface area contributed by atoms with Crippen molar-refractivity contribution in [3.05, 3.63) is 95.1 Å². The highest BCUT2D eigenvalue weighted by molar-refractivity contribution is 7.89. The van der Waals surface area contributed by atoms with Crippen LogP contribution in [0.3, 0.4) is 0 Å². The predicted molar refractivity (Wildman–Crippen MR) is 179 cm³/mol. The van der Waals surface area contributed by atoms with Gasteiger partial charge in [-0.05, 0) is 75.9 Å². The van der Waals surface area contributed by atoms with Gasteiger partial charge in [-0.3, -0.25) is 0 Å². The van der Waals surface area contributed by atoms with Crippen molar-refractivity contribution in [2.24, 2.45) is 0 Å². The molecule has 1 aliphatic heterocycles. The van der Waals surface area contributed by atoms with Crippen LogP contribution in [0.5, 0.6) is 0 Å². The van der Waals surface area contributed by atoms with Gasteiger partial charge in [-0.2, -0.15) is 18.3 Å². The lowest BCUT2D eigenvalue weighted by molar-refractivity contribution is -0.294. The number of aryl methyl sites for hydroxylation is 2. The molecule has 0 aliphatic carbocycles. The third kappa shape index (κ3) is 10.5. The van der Waals surface area contributed by atoms with Crippen LogP contribution in [0.1, 0.15) is 48.9 Å². The summed E-state index contributed by atoms with van der Waals surface area (Å²) in [5.74, 6) is 0. The number of hydrogen-bond donors (Lipinski definition) is 0. The Kier molecular flexibility index (Phi) is 13.9. The lowest BCUT2D eigenvalue weighted by atomic mass is 10.1. The van der Waals surface area contributed by atoms with Crippen LogP contribution in [-0.4, -0.2) is 69.9 Å². The van der Waals surface area contributed by atoms with Gasteiger partial charge in [0.05, 0.1) is 23.0 Å². The number of hydroxylamine groups is 2. The van der Waals surface area contributed by atoms with Crippen LogP contribution in [0.25, 0.3) is 0 Å². The number of hydrogen-bond acceptors (Lipinski definition) is 11. The van der Waals surface area contributed by atoms with Crippen molar-refractivity contribution in [2.75, 3.05) is 39.4 Å². The average molecular weight is 726 g/mol. The first kappa shape index (κ1) is 38.3. The summed E-state index contributed by atoms with van der Waals surface area (Å²) >= 11 is 0. The fourth-order valence-corrected chi connectivity index (χ4v) is 8.90. The molecule has 3 aromatic carbocycles. The Hall–Kier alpha value is -2.53. The Bertz CT molecular complexity index is 1620. The van der Waals surface area contributed by atoms with Crippen molar-refractivity contribution in [1.82, 2.24) is 13.7 Å². The lowest BCUT2D eigenvalue weighted by Gasteiger charge is -2.29. The normalized spacial score (nSPS) is 16.8. The summed E-state index contributed by atoms with van der Waals surface area (Å²) in [6.45, 7) is 7.51. The third-order valence-corrected chi connectivity index (χ3v) is 12.1. The Morgan fingerprint density at radius 2 is 1.06 bits per heavy atom. The topological polar surface area (TPSA) is 141 Å². The maximum absolute atomic E-state index is 13.9. The Labute approximate surface area is 283 Å². The van der Waals surface area contributed by atoms with Crippen molar-refractivity contribution in [3.8, 4) is 0 Å². The minimum Gasteiger partial charge on any atom is -0.227 e. The van der Waals surface area contributed by atoms with Crippen LogP contribution in [0.15, 0.2) is 82.6 Å². The first-order chi connectivity index (χ1) is 22.9. The van der Waals surface area contributed by atoms with E-state index in [2.05, 4.69) is 0 Å². The second-order valence-electron chi connectivity index (χ2n) is 11.3. The number of phosphoric acid groups is 1. The SMILES string of the molecule is CCOOP(=O)(OOCC)ON1CCCN(S(=O)(=O)c2ccc(C)cc2)Cc2cccc(c2)CN(S(=O)(=O)c2ccc(C)cc2)CCC1. The maximum Gasteiger partial charge on any atom is 0.546 e. The van der Waals surface area contributed by atoms with E-state index in [-0.39, 0.29) is 75.1 Å². The number of rotatable bonds is 12. The highest BCUT2D eigenvalue weighted by Gasteiger charge is 2.35. The lowest BCUT2D eigenvalue weighted by Crippen LogP contribution is -2.37. The van der Waals surface area contributed by atoms with Gasteiger partial charge in [0.2, 0.25) is 20.0 Å². The maximum atomic E-state index is 13.9. The molecule has 0 N–H and O–H groups in total. The Morgan fingerprint density at radius 3 is 1.46 bits per heavy atom. The summed E-state index contributed by atoms with van der Waals surface area (Å²) in [5, 5.41) is 1.30. The van der Waals surface area contributed by atoms with Gasteiger partial charge in [-0.1, -0.05) is 59.7 Å². The summed E-state index contributed by atoms with van der Waals surface area (Å²) in [6.07, 6.45) is 0.499. The van der Waals surface area contributed by atoms with E-state index in [9.17, 15) is 21.4 Å². The summed E-state index contributed by atoms with van der Waals surface area (Å²) in [7, 11) is -12.3. The molecular weight excluding hydrogens is 681 g/mol. The standard InChI is InChI=1S/C32H44N3O10PS2/c1-5-41-44-46(36,45-42-6-2)43-33-20-8-22-34(47(37,38)31-16-12-27(3)13-17-31)25-29-10-7-11-30(24-29)26-35(23-9-21-33)48(39,40)32-18-14-28(4)15-19-32/h7,10-19,24H,5-6,8-9,20-23,25-26H2,1-4H3. The van der Waals surface area contributed by atoms with Crippen LogP contribution in [0.2, 0.25) is 0 Å². The molecule has 1 heterocycles. The molecule has 264 valence electrons. The van der Waals surface area contributed by atoms with Crippen molar-refractivity contribution in [3.63, 3.8) is 0 Å². The van der Waals surface area contributed by atoms with E-state index in [4.69, 9.17) is 23.7 Å². The molecule has 0 unspecified atom stereocenters. The first-order valence-corrected chi connectivity index (χ1v) is 20.1. The van der Waals surface area contributed by atoms with Crippen molar-refractivity contribution in [1.29, 1.82) is 0 Å². The van der Waals surface area contributed by atoms with Crippen LogP contribution in [0, 0.1) is 13.8 Å². The highest BCUT2D eigenvalue weighted by atomic mass is 32.2. The van der Waals surface area contributed by atoms with E-state index in [0.717, 1.165) is 11.1 Å². The van der Waals surface area contributed by atoms with E-state index >= 15 is 0 Å². The van der Waals surface area contributed by atoms with E-state index in [0.29, 0.717) is 11.1 Å². The largest absolute Gasteiger partial charge is 0.546 e. The number of sulfonamides is 2. The van der Waals surface area contributed by atoms with Crippen LogP contribution >= 0.6 is 7.82 Å². The predicted octanol–water partition coefficient (Wildman–Crippen LogP) is 5.76. The quantitative estimate of drug-likeness (QED) is 0.128. The molecule has 0 aromatic heterocycles. The number of benzene rings is 3. The van der Waals surface area contributed by atoms with Gasteiger partial charge in [0.1, 0.15) is 0 Å². The second kappa shape index (κ2) is 17.4.